The Kier molecular flexibility index (Phi) is 6.19. The van der Waals surface area contributed by atoms with Crippen molar-refractivity contribution in [3.05, 3.63) is 94.9 Å². The summed E-state index contributed by atoms with van der Waals surface area (Å²) in [6, 6.07) is 20.4. The van der Waals surface area contributed by atoms with Crippen molar-refractivity contribution in [3.63, 3.8) is 0 Å². The zero-order chi connectivity index (χ0) is 20.9. The van der Waals surface area contributed by atoms with Gasteiger partial charge in [-0.3, -0.25) is 9.59 Å². The summed E-state index contributed by atoms with van der Waals surface area (Å²) < 4.78 is 5.46. The van der Waals surface area contributed by atoms with Crippen LogP contribution in [0.5, 0.6) is 0 Å². The Bertz CT molecular complexity index is 983. The van der Waals surface area contributed by atoms with E-state index in [0.29, 0.717) is 29.4 Å². The highest BCUT2D eigenvalue weighted by Crippen LogP contribution is 2.29. The van der Waals surface area contributed by atoms with Crippen LogP contribution in [0, 0.1) is 0 Å². The molecule has 2 aromatic carbocycles. The SMILES string of the molecule is O=C(CN(C(=O)c1ccc(Cl)cc1)C1CC1)N(Cc1ccccc1)Cc1ccco1. The van der Waals surface area contributed by atoms with Gasteiger partial charge in [0, 0.05) is 23.2 Å². The highest BCUT2D eigenvalue weighted by atomic mass is 35.5. The lowest BCUT2D eigenvalue weighted by molar-refractivity contribution is -0.133. The Morgan fingerprint density at radius 3 is 2.30 bits per heavy atom. The third-order valence-corrected chi connectivity index (χ3v) is 5.39. The molecule has 2 amide bonds. The summed E-state index contributed by atoms with van der Waals surface area (Å²) in [5.41, 5.74) is 1.57. The lowest BCUT2D eigenvalue weighted by Crippen LogP contribution is -2.43. The van der Waals surface area contributed by atoms with Crippen molar-refractivity contribution in [1.29, 1.82) is 0 Å². The Balaban J connectivity index is 1.51. The Hall–Kier alpha value is -3.05. The van der Waals surface area contributed by atoms with E-state index >= 15 is 0 Å². The number of hydrogen-bond donors (Lipinski definition) is 0. The molecule has 6 heteroatoms. The van der Waals surface area contributed by atoms with Gasteiger partial charge < -0.3 is 14.2 Å². The third kappa shape index (κ3) is 5.10. The monoisotopic (exact) mass is 422 g/mol. The predicted molar refractivity (Wildman–Crippen MR) is 115 cm³/mol. The molecule has 0 bridgehead atoms. The molecule has 0 unspecified atom stereocenters. The van der Waals surface area contributed by atoms with Gasteiger partial charge in [0.15, 0.2) is 0 Å². The second-order valence-corrected chi connectivity index (χ2v) is 7.92. The molecule has 0 spiro atoms. The predicted octanol–water partition coefficient (Wildman–Crippen LogP) is 4.77. The average Bonchev–Trinajstić information content (AvgIpc) is 3.48. The van der Waals surface area contributed by atoms with Crippen molar-refractivity contribution in [2.75, 3.05) is 6.54 Å². The van der Waals surface area contributed by atoms with Gasteiger partial charge >= 0.3 is 0 Å². The van der Waals surface area contributed by atoms with Crippen molar-refractivity contribution in [1.82, 2.24) is 9.80 Å². The molecule has 1 aliphatic carbocycles. The van der Waals surface area contributed by atoms with Crippen molar-refractivity contribution >= 4 is 23.4 Å². The Morgan fingerprint density at radius 1 is 0.933 bits per heavy atom. The molecule has 1 fully saturated rings. The lowest BCUT2D eigenvalue weighted by atomic mass is 10.2. The van der Waals surface area contributed by atoms with E-state index in [9.17, 15) is 9.59 Å². The molecule has 0 N–H and O–H groups in total. The van der Waals surface area contributed by atoms with Crippen molar-refractivity contribution in [2.45, 2.75) is 32.0 Å². The molecule has 1 heterocycles. The molecule has 0 aliphatic heterocycles. The van der Waals surface area contributed by atoms with Gasteiger partial charge in [0.25, 0.3) is 5.91 Å². The quantitative estimate of drug-likeness (QED) is 0.525. The first-order chi connectivity index (χ1) is 14.6. The molecule has 0 radical (unpaired) electrons. The molecule has 154 valence electrons. The zero-order valence-electron chi connectivity index (χ0n) is 16.5. The summed E-state index contributed by atoms with van der Waals surface area (Å²) in [5, 5.41) is 0.577. The molecule has 5 nitrogen and oxygen atoms in total. The molecular weight excluding hydrogens is 400 g/mol. The van der Waals surface area contributed by atoms with Crippen molar-refractivity contribution < 1.29 is 14.0 Å². The van der Waals surface area contributed by atoms with E-state index in [0.717, 1.165) is 18.4 Å². The first-order valence-corrected chi connectivity index (χ1v) is 10.4. The molecular formula is C24H23ClN2O3. The second kappa shape index (κ2) is 9.18. The van der Waals surface area contributed by atoms with Crippen molar-refractivity contribution in [3.8, 4) is 0 Å². The van der Waals surface area contributed by atoms with Gasteiger partial charge in [-0.1, -0.05) is 41.9 Å². The van der Waals surface area contributed by atoms with Crippen molar-refractivity contribution in [2.24, 2.45) is 0 Å². The fourth-order valence-corrected chi connectivity index (χ4v) is 3.51. The molecule has 1 aliphatic rings. The average molecular weight is 423 g/mol. The van der Waals surface area contributed by atoms with E-state index in [-0.39, 0.29) is 24.4 Å². The topological polar surface area (TPSA) is 53.8 Å². The van der Waals surface area contributed by atoms with Crippen LogP contribution in [0.15, 0.2) is 77.4 Å². The molecule has 1 aromatic heterocycles. The van der Waals surface area contributed by atoms with E-state index in [4.69, 9.17) is 16.0 Å². The molecule has 1 saturated carbocycles. The number of amides is 2. The zero-order valence-corrected chi connectivity index (χ0v) is 17.3. The maximum Gasteiger partial charge on any atom is 0.254 e. The second-order valence-electron chi connectivity index (χ2n) is 7.49. The Labute approximate surface area is 180 Å². The number of nitrogens with zero attached hydrogens (tertiary/aromatic N) is 2. The van der Waals surface area contributed by atoms with E-state index in [2.05, 4.69) is 0 Å². The fraction of sp³-hybridized carbons (Fsp3) is 0.250. The normalized spacial score (nSPS) is 13.1. The van der Waals surface area contributed by atoms with Crippen LogP contribution >= 0.6 is 11.6 Å². The highest BCUT2D eigenvalue weighted by Gasteiger charge is 2.35. The number of carbonyl (C=O) groups excluding carboxylic acids is 2. The maximum atomic E-state index is 13.3. The molecule has 3 aromatic rings. The van der Waals surface area contributed by atoms with Crippen LogP contribution < -0.4 is 0 Å². The molecule has 4 rings (SSSR count). The highest BCUT2D eigenvalue weighted by molar-refractivity contribution is 6.30. The number of hydrogen-bond acceptors (Lipinski definition) is 3. The van der Waals surface area contributed by atoms with E-state index in [1.54, 1.807) is 46.4 Å². The minimum absolute atomic E-state index is 0.0413. The summed E-state index contributed by atoms with van der Waals surface area (Å²) in [6.45, 7) is 0.849. The van der Waals surface area contributed by atoms with Gasteiger partial charge in [-0.25, -0.2) is 0 Å². The smallest absolute Gasteiger partial charge is 0.254 e. The summed E-state index contributed by atoms with van der Waals surface area (Å²) in [7, 11) is 0. The first-order valence-electron chi connectivity index (χ1n) is 10.0. The number of carbonyl (C=O) groups is 2. The van der Waals surface area contributed by atoms with Gasteiger partial charge in [-0.2, -0.15) is 0 Å². The summed E-state index contributed by atoms with van der Waals surface area (Å²) in [4.78, 5) is 29.8. The number of benzene rings is 2. The standard InChI is InChI=1S/C24H23ClN2O3/c25-20-10-8-19(9-11-20)24(29)27(21-12-13-21)17-23(28)26(16-22-7-4-14-30-22)15-18-5-2-1-3-6-18/h1-11,14,21H,12-13,15-17H2. The van der Waals surface area contributed by atoms with Crippen LogP contribution in [0.3, 0.4) is 0 Å². The number of rotatable bonds is 8. The molecule has 0 atom stereocenters. The molecule has 30 heavy (non-hydrogen) atoms. The third-order valence-electron chi connectivity index (χ3n) is 5.14. The van der Waals surface area contributed by atoms with Gasteiger partial charge in [0.1, 0.15) is 12.3 Å². The summed E-state index contributed by atoms with van der Waals surface area (Å²) in [6.07, 6.45) is 3.44. The first kappa shape index (κ1) is 20.2. The number of halogens is 1. The van der Waals surface area contributed by atoms with Crippen LogP contribution in [0.1, 0.15) is 34.5 Å². The van der Waals surface area contributed by atoms with Gasteiger partial charge in [0.2, 0.25) is 5.91 Å². The largest absolute Gasteiger partial charge is 0.467 e. The minimum atomic E-state index is -0.139. The lowest BCUT2D eigenvalue weighted by Gasteiger charge is -2.27. The van der Waals surface area contributed by atoms with Crippen LogP contribution in [0.4, 0.5) is 0 Å². The van der Waals surface area contributed by atoms with Crippen LogP contribution in [0.2, 0.25) is 5.02 Å². The van der Waals surface area contributed by atoms with Crippen LogP contribution in [-0.2, 0) is 17.9 Å². The van der Waals surface area contributed by atoms with E-state index < -0.39 is 0 Å². The van der Waals surface area contributed by atoms with Gasteiger partial charge in [-0.05, 0) is 54.8 Å². The maximum absolute atomic E-state index is 13.3. The molecule has 0 saturated heterocycles. The number of furan rings is 1. The Morgan fingerprint density at radius 2 is 1.67 bits per heavy atom. The fourth-order valence-electron chi connectivity index (χ4n) is 3.38. The summed E-state index contributed by atoms with van der Waals surface area (Å²) in [5.74, 6) is 0.464. The minimum Gasteiger partial charge on any atom is -0.467 e. The van der Waals surface area contributed by atoms with Crippen LogP contribution in [-0.4, -0.2) is 34.2 Å². The van der Waals surface area contributed by atoms with Gasteiger partial charge in [-0.15, -0.1) is 0 Å². The van der Waals surface area contributed by atoms with E-state index in [1.807, 2.05) is 36.4 Å². The van der Waals surface area contributed by atoms with Gasteiger partial charge in [0.05, 0.1) is 12.8 Å². The van der Waals surface area contributed by atoms with Crippen LogP contribution in [0.25, 0.3) is 0 Å². The van der Waals surface area contributed by atoms with E-state index in [1.165, 1.54) is 0 Å². The summed E-state index contributed by atoms with van der Waals surface area (Å²) >= 11 is 5.95.